The van der Waals surface area contributed by atoms with Crippen LogP contribution in [0.4, 0.5) is 0 Å². The van der Waals surface area contributed by atoms with Crippen molar-refractivity contribution in [2.45, 2.75) is 68.4 Å². The molecule has 0 bridgehead atoms. The predicted octanol–water partition coefficient (Wildman–Crippen LogP) is 0.836. The Morgan fingerprint density at radius 3 is 2.72 bits per heavy atom. The number of rotatable bonds is 10. The molecule has 0 aromatic carbocycles. The van der Waals surface area contributed by atoms with Gasteiger partial charge in [0.2, 0.25) is 17.4 Å². The standard InChI is InChI=1S/C22H33N7O5S2/c1-13(33-20(31)14-7-5-4-6-8-14)34-21(32)17-15(11-35-19-16(23)18(30)29(17)19)12-36-22-24-25-26-28(22)10-9-27(2)3/h13-14,16,19H,4-12,23H2,1-3H3/t13?,16-,19-/m1/s1. The maximum absolute atomic E-state index is 13.2. The van der Waals surface area contributed by atoms with Crippen LogP contribution in [0, 0.1) is 5.92 Å². The molecule has 198 valence electrons. The van der Waals surface area contributed by atoms with Gasteiger partial charge in [0.25, 0.3) is 0 Å². The lowest BCUT2D eigenvalue weighted by molar-refractivity contribution is -0.187. The number of thioether (sulfide) groups is 2. The van der Waals surface area contributed by atoms with E-state index in [1.807, 2.05) is 19.0 Å². The lowest BCUT2D eigenvalue weighted by Gasteiger charge is -2.48. The van der Waals surface area contributed by atoms with E-state index in [4.69, 9.17) is 15.2 Å². The van der Waals surface area contributed by atoms with Crippen molar-refractivity contribution in [3.63, 3.8) is 0 Å². The summed E-state index contributed by atoms with van der Waals surface area (Å²) in [6.07, 6.45) is 3.63. The van der Waals surface area contributed by atoms with Crippen LogP contribution >= 0.6 is 23.5 Å². The van der Waals surface area contributed by atoms with Gasteiger partial charge in [0.05, 0.1) is 12.5 Å². The van der Waals surface area contributed by atoms with E-state index in [1.54, 1.807) is 4.68 Å². The number of hydrogen-bond donors (Lipinski definition) is 1. The van der Waals surface area contributed by atoms with Gasteiger partial charge >= 0.3 is 11.9 Å². The molecule has 1 amide bonds. The highest BCUT2D eigenvalue weighted by Crippen LogP contribution is 2.41. The quantitative estimate of drug-likeness (QED) is 0.194. The van der Waals surface area contributed by atoms with Crippen molar-refractivity contribution in [1.29, 1.82) is 0 Å². The van der Waals surface area contributed by atoms with Gasteiger partial charge in [-0.25, -0.2) is 9.48 Å². The van der Waals surface area contributed by atoms with Gasteiger partial charge in [-0.1, -0.05) is 31.0 Å². The third-order valence-corrected chi connectivity index (χ3v) is 8.81. The number of nitrogens with zero attached hydrogens (tertiary/aromatic N) is 6. The maximum atomic E-state index is 13.2. The lowest BCUT2D eigenvalue weighted by Crippen LogP contribution is -2.68. The van der Waals surface area contributed by atoms with E-state index in [0.717, 1.165) is 44.2 Å². The van der Waals surface area contributed by atoms with Crippen molar-refractivity contribution in [2.24, 2.45) is 11.7 Å². The molecule has 3 aliphatic rings. The smallest absolute Gasteiger partial charge is 0.358 e. The second-order valence-electron chi connectivity index (χ2n) is 9.41. The monoisotopic (exact) mass is 539 g/mol. The molecule has 1 saturated heterocycles. The molecule has 14 heteroatoms. The number of aromatic nitrogens is 4. The van der Waals surface area contributed by atoms with Gasteiger partial charge < -0.3 is 20.1 Å². The van der Waals surface area contributed by atoms with Crippen LogP contribution < -0.4 is 5.73 Å². The Hall–Kier alpha value is -2.16. The molecule has 2 N–H and O–H groups in total. The number of fused-ring (bicyclic) bond motifs is 1. The highest BCUT2D eigenvalue weighted by atomic mass is 32.2. The van der Waals surface area contributed by atoms with Crippen LogP contribution in [0.25, 0.3) is 0 Å². The van der Waals surface area contributed by atoms with Crippen molar-refractivity contribution in [3.05, 3.63) is 11.3 Å². The highest BCUT2D eigenvalue weighted by molar-refractivity contribution is 8.01. The number of likely N-dealkylation sites (N-methyl/N-ethyl adjacent to an activating group) is 1. The number of tetrazole rings is 1. The van der Waals surface area contributed by atoms with Gasteiger partial charge in [-0.15, -0.1) is 16.9 Å². The minimum Gasteiger partial charge on any atom is -0.425 e. The summed E-state index contributed by atoms with van der Waals surface area (Å²) in [5.41, 5.74) is 6.86. The van der Waals surface area contributed by atoms with Crippen molar-refractivity contribution in [1.82, 2.24) is 30.0 Å². The van der Waals surface area contributed by atoms with E-state index in [0.29, 0.717) is 23.2 Å². The van der Waals surface area contributed by atoms with Crippen LogP contribution in [-0.2, 0) is 30.4 Å². The summed E-state index contributed by atoms with van der Waals surface area (Å²) in [4.78, 5) is 41.7. The minimum atomic E-state index is -1.07. The van der Waals surface area contributed by atoms with E-state index < -0.39 is 18.3 Å². The Bertz CT molecular complexity index is 1010. The molecular weight excluding hydrogens is 506 g/mol. The number of β-lactam (4-membered cyclic amide) rings is 1. The molecule has 0 spiro atoms. The fourth-order valence-corrected chi connectivity index (χ4v) is 6.73. The summed E-state index contributed by atoms with van der Waals surface area (Å²) in [5.74, 6) is -0.633. The molecule has 4 rings (SSSR count). The van der Waals surface area contributed by atoms with Crippen LogP contribution in [0.1, 0.15) is 39.0 Å². The van der Waals surface area contributed by atoms with Crippen LogP contribution in [-0.4, -0.2) is 97.7 Å². The van der Waals surface area contributed by atoms with E-state index in [-0.39, 0.29) is 28.9 Å². The third-order valence-electron chi connectivity index (χ3n) is 6.41. The van der Waals surface area contributed by atoms with E-state index in [9.17, 15) is 14.4 Å². The fourth-order valence-electron chi connectivity index (χ4n) is 4.39. The summed E-state index contributed by atoms with van der Waals surface area (Å²) in [5, 5.41) is 12.2. The Kier molecular flexibility index (Phi) is 8.91. The normalized spacial score (nSPS) is 23.4. The van der Waals surface area contributed by atoms with Gasteiger partial charge in [-0.05, 0) is 42.9 Å². The molecule has 3 heterocycles. The SMILES string of the molecule is CC(OC(=O)C1=C(CSc2nnnn2CCN(C)C)CS[C@@H]2[C@H](N)C(=O)N12)OC(=O)C1CCCCC1. The van der Waals surface area contributed by atoms with Crippen LogP contribution in [0.3, 0.4) is 0 Å². The molecule has 1 aromatic heterocycles. The number of carbonyl (C=O) groups excluding carboxylic acids is 3. The summed E-state index contributed by atoms with van der Waals surface area (Å²) >= 11 is 2.89. The first-order chi connectivity index (χ1) is 17.3. The van der Waals surface area contributed by atoms with Crippen LogP contribution in [0.15, 0.2) is 16.4 Å². The summed E-state index contributed by atoms with van der Waals surface area (Å²) in [7, 11) is 3.94. The molecule has 1 unspecified atom stereocenters. The molecule has 36 heavy (non-hydrogen) atoms. The number of nitrogens with two attached hydrogens (primary N) is 1. The predicted molar refractivity (Wildman–Crippen MR) is 133 cm³/mol. The van der Waals surface area contributed by atoms with Gasteiger partial charge in [0.1, 0.15) is 17.1 Å². The zero-order valence-corrected chi connectivity index (χ0v) is 22.4. The molecule has 2 fully saturated rings. The Morgan fingerprint density at radius 1 is 1.25 bits per heavy atom. The number of carbonyl (C=O) groups is 3. The molecule has 1 aromatic rings. The van der Waals surface area contributed by atoms with Crippen LogP contribution in [0.5, 0.6) is 0 Å². The van der Waals surface area contributed by atoms with E-state index in [1.165, 1.54) is 35.3 Å². The van der Waals surface area contributed by atoms with Crippen molar-refractivity contribution in [2.75, 3.05) is 32.1 Å². The van der Waals surface area contributed by atoms with E-state index >= 15 is 0 Å². The largest absolute Gasteiger partial charge is 0.425 e. The number of esters is 2. The Labute approximate surface area is 218 Å². The average Bonchev–Trinajstić information content (AvgIpc) is 3.32. The number of ether oxygens (including phenoxy) is 2. The molecule has 12 nitrogen and oxygen atoms in total. The van der Waals surface area contributed by atoms with Crippen LogP contribution in [0.2, 0.25) is 0 Å². The van der Waals surface area contributed by atoms with Gasteiger partial charge in [-0.2, -0.15) is 0 Å². The molecular formula is C22H33N7O5S2. The van der Waals surface area contributed by atoms with Crippen molar-refractivity contribution in [3.8, 4) is 0 Å². The van der Waals surface area contributed by atoms with Gasteiger partial charge in [0.15, 0.2) is 0 Å². The summed E-state index contributed by atoms with van der Waals surface area (Å²) < 4.78 is 12.6. The zero-order chi connectivity index (χ0) is 25.8. The van der Waals surface area contributed by atoms with Gasteiger partial charge in [0, 0.05) is 25.0 Å². The highest BCUT2D eigenvalue weighted by Gasteiger charge is 2.52. The Morgan fingerprint density at radius 2 is 2.00 bits per heavy atom. The first-order valence-corrected chi connectivity index (χ1v) is 14.2. The van der Waals surface area contributed by atoms with Gasteiger partial charge in [-0.3, -0.25) is 14.5 Å². The average molecular weight is 540 g/mol. The molecule has 2 aliphatic heterocycles. The second-order valence-corrected chi connectivity index (χ2v) is 11.5. The minimum absolute atomic E-state index is 0.157. The summed E-state index contributed by atoms with van der Waals surface area (Å²) in [6.45, 7) is 2.91. The second kappa shape index (κ2) is 11.9. The molecule has 1 aliphatic carbocycles. The van der Waals surface area contributed by atoms with E-state index in [2.05, 4.69) is 15.5 Å². The zero-order valence-electron chi connectivity index (χ0n) is 20.8. The molecule has 3 atom stereocenters. The topological polar surface area (TPSA) is 146 Å². The van der Waals surface area contributed by atoms with Crippen molar-refractivity contribution < 1.29 is 23.9 Å². The lowest BCUT2D eigenvalue weighted by atomic mass is 9.89. The third kappa shape index (κ3) is 6.03. The number of hydrogen-bond acceptors (Lipinski definition) is 12. The van der Waals surface area contributed by atoms with Crippen molar-refractivity contribution >= 4 is 41.4 Å². The first kappa shape index (κ1) is 26.9. The number of amides is 1. The molecule has 1 saturated carbocycles. The Balaban J connectivity index is 1.45. The summed E-state index contributed by atoms with van der Waals surface area (Å²) in [6, 6.07) is -0.660. The molecule has 0 radical (unpaired) electrons. The fraction of sp³-hybridized carbons (Fsp3) is 0.727. The first-order valence-electron chi connectivity index (χ1n) is 12.1. The maximum Gasteiger partial charge on any atom is 0.358 e.